The molecule has 0 aromatic heterocycles. The van der Waals surface area contributed by atoms with E-state index in [4.69, 9.17) is 0 Å². The number of halogens is 2. The lowest BCUT2D eigenvalue weighted by Crippen LogP contribution is -2.45. The van der Waals surface area contributed by atoms with Gasteiger partial charge in [0.15, 0.2) is 0 Å². The van der Waals surface area contributed by atoms with Gasteiger partial charge in [0.2, 0.25) is 5.91 Å². The molecule has 120 valence electrons. The number of carbonyl (C=O) groups excluding carboxylic acids is 1. The Kier molecular flexibility index (Phi) is 4.71. The van der Waals surface area contributed by atoms with Crippen LogP contribution in [-0.4, -0.2) is 36.5 Å². The van der Waals surface area contributed by atoms with Crippen molar-refractivity contribution in [2.75, 3.05) is 19.6 Å². The highest BCUT2D eigenvalue weighted by Crippen LogP contribution is 2.28. The van der Waals surface area contributed by atoms with Gasteiger partial charge in [-0.1, -0.05) is 0 Å². The monoisotopic (exact) mass is 308 g/mol. The molecule has 0 spiro atoms. The fourth-order valence-corrected chi connectivity index (χ4v) is 2.94. The van der Waals surface area contributed by atoms with E-state index in [0.717, 1.165) is 43.5 Å². The molecule has 2 fully saturated rings. The van der Waals surface area contributed by atoms with Crippen molar-refractivity contribution in [3.63, 3.8) is 0 Å². The minimum absolute atomic E-state index is 0.0657. The molecular weight excluding hydrogens is 286 g/mol. The van der Waals surface area contributed by atoms with Crippen LogP contribution in [0.2, 0.25) is 0 Å². The first kappa shape index (κ1) is 15.4. The third kappa shape index (κ3) is 4.03. The van der Waals surface area contributed by atoms with E-state index in [0.29, 0.717) is 19.1 Å². The maximum Gasteiger partial charge on any atom is 0.227 e. The molecule has 3 rings (SSSR count). The van der Waals surface area contributed by atoms with E-state index < -0.39 is 11.6 Å². The maximum atomic E-state index is 13.6. The summed E-state index contributed by atoms with van der Waals surface area (Å²) in [6.07, 6.45) is 4.48. The van der Waals surface area contributed by atoms with Gasteiger partial charge in [-0.3, -0.25) is 4.79 Å². The van der Waals surface area contributed by atoms with E-state index in [1.54, 1.807) is 4.90 Å². The molecule has 1 aliphatic heterocycles. The van der Waals surface area contributed by atoms with Crippen LogP contribution in [0, 0.1) is 17.6 Å². The number of rotatable bonds is 5. The van der Waals surface area contributed by atoms with Gasteiger partial charge in [-0.25, -0.2) is 8.78 Å². The first-order valence-electron chi connectivity index (χ1n) is 8.07. The van der Waals surface area contributed by atoms with Crippen LogP contribution in [0.25, 0.3) is 0 Å². The molecule has 3 nitrogen and oxygen atoms in total. The largest absolute Gasteiger partial charge is 0.342 e. The lowest BCUT2D eigenvalue weighted by Gasteiger charge is -2.32. The molecule has 1 N–H and O–H groups in total. The molecule has 0 atom stereocenters. The zero-order valence-corrected chi connectivity index (χ0v) is 12.7. The number of carbonyl (C=O) groups is 1. The Morgan fingerprint density at radius 1 is 1.18 bits per heavy atom. The van der Waals surface area contributed by atoms with Crippen LogP contribution in [-0.2, 0) is 11.2 Å². The molecule has 0 radical (unpaired) electrons. The quantitative estimate of drug-likeness (QED) is 0.906. The summed E-state index contributed by atoms with van der Waals surface area (Å²) in [5.41, 5.74) is 0.138. The highest BCUT2D eigenvalue weighted by Gasteiger charge is 2.26. The summed E-state index contributed by atoms with van der Waals surface area (Å²) in [7, 11) is 0. The SMILES string of the molecule is O=C(Cc1cc(F)ccc1F)N1CCC(NCC2CC2)CC1. The van der Waals surface area contributed by atoms with Crippen molar-refractivity contribution in [1.29, 1.82) is 0 Å². The smallest absolute Gasteiger partial charge is 0.227 e. The number of benzene rings is 1. The van der Waals surface area contributed by atoms with Crippen LogP contribution in [0.4, 0.5) is 8.78 Å². The van der Waals surface area contributed by atoms with Crippen molar-refractivity contribution in [2.45, 2.75) is 38.1 Å². The summed E-state index contributed by atoms with van der Waals surface area (Å²) in [4.78, 5) is 14.0. The van der Waals surface area contributed by atoms with E-state index >= 15 is 0 Å². The van der Waals surface area contributed by atoms with Crippen LogP contribution in [0.15, 0.2) is 18.2 Å². The van der Waals surface area contributed by atoms with Crippen molar-refractivity contribution in [3.05, 3.63) is 35.4 Å². The third-order valence-corrected chi connectivity index (χ3v) is 4.59. The molecule has 0 bridgehead atoms. The number of nitrogens with one attached hydrogen (secondary N) is 1. The molecule has 1 saturated carbocycles. The minimum Gasteiger partial charge on any atom is -0.342 e. The van der Waals surface area contributed by atoms with Crippen molar-refractivity contribution in [1.82, 2.24) is 10.2 Å². The normalized spacial score (nSPS) is 19.5. The molecule has 1 aromatic carbocycles. The predicted octanol–water partition coefficient (Wildman–Crippen LogP) is 2.50. The summed E-state index contributed by atoms with van der Waals surface area (Å²) in [6, 6.07) is 3.74. The highest BCUT2D eigenvalue weighted by atomic mass is 19.1. The zero-order valence-electron chi connectivity index (χ0n) is 12.7. The van der Waals surface area contributed by atoms with E-state index in [2.05, 4.69) is 5.32 Å². The first-order chi connectivity index (χ1) is 10.6. The van der Waals surface area contributed by atoms with Crippen LogP contribution in [0.1, 0.15) is 31.2 Å². The van der Waals surface area contributed by atoms with Crippen molar-refractivity contribution in [3.8, 4) is 0 Å². The van der Waals surface area contributed by atoms with E-state index in [-0.39, 0.29) is 17.9 Å². The van der Waals surface area contributed by atoms with Crippen molar-refractivity contribution < 1.29 is 13.6 Å². The van der Waals surface area contributed by atoms with Crippen LogP contribution in [0.3, 0.4) is 0 Å². The first-order valence-corrected chi connectivity index (χ1v) is 8.07. The molecule has 22 heavy (non-hydrogen) atoms. The van der Waals surface area contributed by atoms with Gasteiger partial charge in [0.25, 0.3) is 0 Å². The summed E-state index contributed by atoms with van der Waals surface area (Å²) in [5.74, 6) is -0.288. The van der Waals surface area contributed by atoms with Gasteiger partial charge in [0, 0.05) is 24.7 Å². The van der Waals surface area contributed by atoms with Gasteiger partial charge in [-0.2, -0.15) is 0 Å². The molecule has 1 saturated heterocycles. The summed E-state index contributed by atoms with van der Waals surface area (Å²) < 4.78 is 26.7. The highest BCUT2D eigenvalue weighted by molar-refractivity contribution is 5.78. The number of likely N-dealkylation sites (tertiary alicyclic amines) is 1. The topological polar surface area (TPSA) is 32.3 Å². The van der Waals surface area contributed by atoms with Crippen LogP contribution >= 0.6 is 0 Å². The molecule has 1 aliphatic carbocycles. The summed E-state index contributed by atoms with van der Waals surface area (Å²) in [5, 5.41) is 3.56. The van der Waals surface area contributed by atoms with Crippen molar-refractivity contribution in [2.24, 2.45) is 5.92 Å². The number of hydrogen-bond acceptors (Lipinski definition) is 2. The summed E-state index contributed by atoms with van der Waals surface area (Å²) in [6.45, 7) is 2.48. The molecular formula is C17H22F2N2O. The lowest BCUT2D eigenvalue weighted by atomic mass is 10.0. The van der Waals surface area contributed by atoms with Gasteiger partial charge in [-0.05, 0) is 56.3 Å². The van der Waals surface area contributed by atoms with E-state index in [9.17, 15) is 13.6 Å². The predicted molar refractivity (Wildman–Crippen MR) is 80.4 cm³/mol. The van der Waals surface area contributed by atoms with E-state index in [1.807, 2.05) is 0 Å². The Balaban J connectivity index is 1.47. The second-order valence-electron chi connectivity index (χ2n) is 6.42. The summed E-state index contributed by atoms with van der Waals surface area (Å²) >= 11 is 0. The fourth-order valence-electron chi connectivity index (χ4n) is 2.94. The number of hydrogen-bond donors (Lipinski definition) is 1. The minimum atomic E-state index is -0.518. The zero-order chi connectivity index (χ0) is 15.5. The van der Waals surface area contributed by atoms with Crippen LogP contribution < -0.4 is 5.32 Å². The lowest BCUT2D eigenvalue weighted by molar-refractivity contribution is -0.131. The number of amides is 1. The van der Waals surface area contributed by atoms with Gasteiger partial charge < -0.3 is 10.2 Å². The van der Waals surface area contributed by atoms with Gasteiger partial charge in [0.1, 0.15) is 11.6 Å². The van der Waals surface area contributed by atoms with Gasteiger partial charge in [0.05, 0.1) is 6.42 Å². The Bertz CT molecular complexity index is 537. The van der Waals surface area contributed by atoms with Crippen molar-refractivity contribution >= 4 is 5.91 Å². The Morgan fingerprint density at radius 3 is 2.59 bits per heavy atom. The standard InChI is InChI=1S/C17H22F2N2O/c18-14-3-4-16(19)13(9-14)10-17(22)21-7-5-15(6-8-21)20-11-12-1-2-12/h3-4,9,12,15,20H,1-2,5-8,10-11H2. The molecule has 1 aromatic rings. The molecule has 1 amide bonds. The molecule has 2 aliphatic rings. The molecule has 5 heteroatoms. The average molecular weight is 308 g/mol. The van der Waals surface area contributed by atoms with Gasteiger partial charge >= 0.3 is 0 Å². The third-order valence-electron chi connectivity index (χ3n) is 4.59. The number of nitrogens with zero attached hydrogens (tertiary/aromatic N) is 1. The second-order valence-corrected chi connectivity index (χ2v) is 6.42. The average Bonchev–Trinajstić information content (AvgIpc) is 3.33. The fraction of sp³-hybridized carbons (Fsp3) is 0.588. The van der Waals surface area contributed by atoms with Crippen LogP contribution in [0.5, 0.6) is 0 Å². The van der Waals surface area contributed by atoms with Gasteiger partial charge in [-0.15, -0.1) is 0 Å². The Labute approximate surface area is 129 Å². The molecule has 0 unspecified atom stereocenters. The Hall–Kier alpha value is -1.49. The number of piperidine rings is 1. The maximum absolute atomic E-state index is 13.6. The van der Waals surface area contributed by atoms with E-state index in [1.165, 1.54) is 12.8 Å². The Morgan fingerprint density at radius 2 is 1.91 bits per heavy atom. The molecule has 1 heterocycles. The second kappa shape index (κ2) is 6.73.